The summed E-state index contributed by atoms with van der Waals surface area (Å²) in [7, 11) is 0. The first-order chi connectivity index (χ1) is 11.3. The largest absolute Gasteiger partial charge is 0.484 e. The highest BCUT2D eigenvalue weighted by molar-refractivity contribution is 5.37. The van der Waals surface area contributed by atoms with Gasteiger partial charge in [-0.15, -0.1) is 0 Å². The van der Waals surface area contributed by atoms with Crippen molar-refractivity contribution in [1.29, 1.82) is 0 Å². The lowest BCUT2D eigenvalue weighted by Crippen LogP contribution is -2.26. The molecule has 2 aliphatic heterocycles. The second-order valence-electron chi connectivity index (χ2n) is 6.10. The Bertz CT molecular complexity index is 691. The Morgan fingerprint density at radius 2 is 2.13 bits per heavy atom. The van der Waals surface area contributed by atoms with Crippen molar-refractivity contribution in [3.63, 3.8) is 0 Å². The molecular weight excluding hydrogens is 292 g/mol. The number of aliphatic hydroxyl groups excluding tert-OH is 1. The molecular formula is C18H20N2O3. The zero-order valence-electron chi connectivity index (χ0n) is 12.9. The van der Waals surface area contributed by atoms with Crippen molar-refractivity contribution >= 4 is 0 Å². The molecule has 5 heteroatoms. The maximum absolute atomic E-state index is 9.71. The fourth-order valence-electron chi connectivity index (χ4n) is 3.25. The molecule has 2 atom stereocenters. The Morgan fingerprint density at radius 3 is 3.00 bits per heavy atom. The van der Waals surface area contributed by atoms with Crippen LogP contribution in [0.15, 0.2) is 42.6 Å². The van der Waals surface area contributed by atoms with Crippen molar-refractivity contribution in [2.45, 2.75) is 25.2 Å². The number of aliphatic hydroxyl groups is 1. The van der Waals surface area contributed by atoms with Gasteiger partial charge in [0.1, 0.15) is 6.61 Å². The van der Waals surface area contributed by atoms with Crippen LogP contribution in [0.4, 0.5) is 0 Å². The smallest absolute Gasteiger partial charge is 0.257 e. The quantitative estimate of drug-likeness (QED) is 0.941. The standard InChI is InChI=1S/C18H20N2O3/c21-14-7-9-20(11-14)10-13-4-1-2-5-15(13)17-12-22-16-6-3-8-19-18(16)23-17/h1-6,8,14,17,21H,7,9-12H2/t14-,17-/m1/s1. The van der Waals surface area contributed by atoms with Gasteiger partial charge in [-0.25, -0.2) is 4.98 Å². The van der Waals surface area contributed by atoms with Gasteiger partial charge in [0, 0.05) is 31.4 Å². The van der Waals surface area contributed by atoms with E-state index < -0.39 is 0 Å². The molecule has 2 aliphatic rings. The summed E-state index contributed by atoms with van der Waals surface area (Å²) in [6.07, 6.45) is 2.21. The van der Waals surface area contributed by atoms with Gasteiger partial charge in [0.25, 0.3) is 5.88 Å². The van der Waals surface area contributed by atoms with Crippen LogP contribution in [0.3, 0.4) is 0 Å². The monoisotopic (exact) mass is 312 g/mol. The molecule has 120 valence electrons. The van der Waals surface area contributed by atoms with E-state index in [0.717, 1.165) is 31.6 Å². The van der Waals surface area contributed by atoms with Gasteiger partial charge in [-0.3, -0.25) is 4.90 Å². The third-order valence-corrected chi connectivity index (χ3v) is 4.42. The Morgan fingerprint density at radius 1 is 1.22 bits per heavy atom. The molecule has 23 heavy (non-hydrogen) atoms. The maximum Gasteiger partial charge on any atom is 0.257 e. The summed E-state index contributed by atoms with van der Waals surface area (Å²) < 4.78 is 11.8. The zero-order chi connectivity index (χ0) is 15.6. The van der Waals surface area contributed by atoms with E-state index >= 15 is 0 Å². The normalized spacial score (nSPS) is 23.9. The first-order valence-electron chi connectivity index (χ1n) is 8.02. The topological polar surface area (TPSA) is 54.8 Å². The minimum absolute atomic E-state index is 0.152. The Labute approximate surface area is 135 Å². The molecule has 1 aromatic carbocycles. The van der Waals surface area contributed by atoms with Crippen LogP contribution >= 0.6 is 0 Å². The third kappa shape index (κ3) is 3.02. The van der Waals surface area contributed by atoms with E-state index in [-0.39, 0.29) is 12.2 Å². The van der Waals surface area contributed by atoms with E-state index in [1.54, 1.807) is 6.20 Å². The van der Waals surface area contributed by atoms with Crippen molar-refractivity contribution in [3.8, 4) is 11.6 Å². The van der Waals surface area contributed by atoms with Crippen LogP contribution in [0.2, 0.25) is 0 Å². The van der Waals surface area contributed by atoms with E-state index in [1.807, 2.05) is 24.3 Å². The molecule has 4 rings (SSSR count). The van der Waals surface area contributed by atoms with Crippen LogP contribution in [-0.4, -0.2) is 40.8 Å². The van der Waals surface area contributed by atoms with Gasteiger partial charge in [0.2, 0.25) is 0 Å². The summed E-state index contributed by atoms with van der Waals surface area (Å²) in [5.74, 6) is 1.25. The molecule has 0 spiro atoms. The van der Waals surface area contributed by atoms with Gasteiger partial charge < -0.3 is 14.6 Å². The number of ether oxygens (including phenoxy) is 2. The molecule has 0 radical (unpaired) electrons. The third-order valence-electron chi connectivity index (χ3n) is 4.42. The summed E-state index contributed by atoms with van der Waals surface area (Å²) in [5.41, 5.74) is 2.35. The Kier molecular flexibility index (Phi) is 3.89. The lowest BCUT2D eigenvalue weighted by Gasteiger charge is -2.28. The molecule has 0 aliphatic carbocycles. The predicted molar refractivity (Wildman–Crippen MR) is 85.4 cm³/mol. The van der Waals surface area contributed by atoms with Gasteiger partial charge in [0.15, 0.2) is 11.9 Å². The highest BCUT2D eigenvalue weighted by Crippen LogP contribution is 2.35. The fourth-order valence-corrected chi connectivity index (χ4v) is 3.25. The van der Waals surface area contributed by atoms with Crippen LogP contribution in [0, 0.1) is 0 Å². The second kappa shape index (κ2) is 6.18. The number of β-amino-alcohol motifs (C(OH)–C–C–N with tert-alkyl or cyclic N) is 1. The van der Waals surface area contributed by atoms with E-state index in [4.69, 9.17) is 9.47 Å². The van der Waals surface area contributed by atoms with E-state index in [1.165, 1.54) is 5.56 Å². The molecule has 1 saturated heterocycles. The van der Waals surface area contributed by atoms with Crippen molar-refractivity contribution in [2.24, 2.45) is 0 Å². The maximum atomic E-state index is 9.71. The number of hydrogen-bond acceptors (Lipinski definition) is 5. The lowest BCUT2D eigenvalue weighted by molar-refractivity contribution is 0.0838. The average Bonchev–Trinajstić information content (AvgIpc) is 3.00. The molecule has 0 unspecified atom stereocenters. The second-order valence-corrected chi connectivity index (χ2v) is 6.10. The van der Waals surface area contributed by atoms with Crippen LogP contribution in [0.1, 0.15) is 23.7 Å². The minimum Gasteiger partial charge on any atom is -0.484 e. The summed E-state index contributed by atoms with van der Waals surface area (Å²) in [6, 6.07) is 12.0. The lowest BCUT2D eigenvalue weighted by atomic mass is 10.0. The summed E-state index contributed by atoms with van der Waals surface area (Å²) in [6.45, 7) is 2.98. The first-order valence-corrected chi connectivity index (χ1v) is 8.02. The van der Waals surface area contributed by atoms with Crippen molar-refractivity contribution in [2.75, 3.05) is 19.7 Å². The molecule has 1 fully saturated rings. The van der Waals surface area contributed by atoms with Gasteiger partial charge >= 0.3 is 0 Å². The summed E-state index contributed by atoms with van der Waals surface area (Å²) >= 11 is 0. The van der Waals surface area contributed by atoms with Crippen molar-refractivity contribution < 1.29 is 14.6 Å². The highest BCUT2D eigenvalue weighted by Gasteiger charge is 2.27. The van der Waals surface area contributed by atoms with E-state index in [0.29, 0.717) is 18.2 Å². The van der Waals surface area contributed by atoms with E-state index in [9.17, 15) is 5.11 Å². The van der Waals surface area contributed by atoms with Crippen LogP contribution < -0.4 is 9.47 Å². The molecule has 1 N–H and O–H groups in total. The molecule has 3 heterocycles. The number of likely N-dealkylation sites (tertiary alicyclic amines) is 1. The number of hydrogen-bond donors (Lipinski definition) is 1. The molecule has 0 bridgehead atoms. The number of nitrogens with zero attached hydrogens (tertiary/aromatic N) is 2. The highest BCUT2D eigenvalue weighted by atomic mass is 16.6. The molecule has 2 aromatic rings. The van der Waals surface area contributed by atoms with Gasteiger partial charge in [-0.1, -0.05) is 24.3 Å². The van der Waals surface area contributed by atoms with Gasteiger partial charge in [-0.05, 0) is 24.1 Å². The van der Waals surface area contributed by atoms with Crippen molar-refractivity contribution in [3.05, 3.63) is 53.7 Å². The van der Waals surface area contributed by atoms with Crippen LogP contribution in [-0.2, 0) is 6.54 Å². The zero-order valence-corrected chi connectivity index (χ0v) is 12.9. The van der Waals surface area contributed by atoms with E-state index in [2.05, 4.69) is 22.0 Å². The molecule has 1 aromatic heterocycles. The number of aromatic nitrogens is 1. The van der Waals surface area contributed by atoms with Gasteiger partial charge in [0.05, 0.1) is 6.10 Å². The average molecular weight is 312 g/mol. The van der Waals surface area contributed by atoms with Gasteiger partial charge in [-0.2, -0.15) is 0 Å². The summed E-state index contributed by atoms with van der Waals surface area (Å²) in [5, 5.41) is 9.71. The SMILES string of the molecule is O[C@@H]1CCN(Cc2ccccc2[C@H]2COc3cccnc3O2)C1. The Balaban J connectivity index is 1.55. The number of fused-ring (bicyclic) bond motifs is 1. The number of pyridine rings is 1. The van der Waals surface area contributed by atoms with Crippen LogP contribution in [0.25, 0.3) is 0 Å². The first kappa shape index (κ1) is 14.5. The number of benzene rings is 1. The minimum atomic E-state index is -0.201. The van der Waals surface area contributed by atoms with Crippen LogP contribution in [0.5, 0.6) is 11.6 Å². The number of rotatable bonds is 3. The molecule has 0 saturated carbocycles. The summed E-state index contributed by atoms with van der Waals surface area (Å²) in [4.78, 5) is 6.52. The molecule has 5 nitrogen and oxygen atoms in total. The molecule has 0 amide bonds. The predicted octanol–water partition coefficient (Wildman–Crippen LogP) is 2.16. The Hall–Kier alpha value is -2.11. The fraction of sp³-hybridized carbons (Fsp3) is 0.389. The van der Waals surface area contributed by atoms with Crippen molar-refractivity contribution in [1.82, 2.24) is 9.88 Å².